The van der Waals surface area contributed by atoms with Gasteiger partial charge in [0.1, 0.15) is 5.56 Å². The van der Waals surface area contributed by atoms with Gasteiger partial charge in [0.05, 0.1) is 6.20 Å². The number of carbonyl (C=O) groups excluding carboxylic acids is 1. The van der Waals surface area contributed by atoms with Gasteiger partial charge in [0.2, 0.25) is 0 Å². The molecule has 4 aromatic rings. The number of benzene rings is 1. The first kappa shape index (κ1) is 15.4. The van der Waals surface area contributed by atoms with E-state index in [9.17, 15) is 4.79 Å². The molecule has 1 amide bonds. The summed E-state index contributed by atoms with van der Waals surface area (Å²) in [5.74, 6) is -0.0668. The third kappa shape index (κ3) is 2.76. The zero-order chi connectivity index (χ0) is 17.4. The van der Waals surface area contributed by atoms with Crippen LogP contribution in [0.15, 0.2) is 55.1 Å². The molecule has 6 nitrogen and oxygen atoms in total. The molecule has 126 valence electrons. The minimum Gasteiger partial charge on any atom is -0.346 e. The van der Waals surface area contributed by atoms with Crippen LogP contribution in [-0.4, -0.2) is 43.6 Å². The summed E-state index contributed by atoms with van der Waals surface area (Å²) in [6.07, 6.45) is 7.26. The molecule has 3 heterocycles. The molecule has 0 aliphatic carbocycles. The number of nitrogens with zero attached hydrogens (tertiary/aromatic N) is 5. The largest absolute Gasteiger partial charge is 0.346 e. The number of hydrogen-bond acceptors (Lipinski definition) is 3. The van der Waals surface area contributed by atoms with Crippen LogP contribution in [0.1, 0.15) is 15.9 Å². The number of amides is 1. The first-order valence-corrected chi connectivity index (χ1v) is 8.23. The van der Waals surface area contributed by atoms with Crippen LogP contribution in [0.25, 0.3) is 16.6 Å². The third-order valence-corrected chi connectivity index (χ3v) is 4.42. The first-order chi connectivity index (χ1) is 12.1. The van der Waals surface area contributed by atoms with E-state index in [1.165, 1.54) is 10.9 Å². The second-order valence-corrected chi connectivity index (χ2v) is 6.25. The molecule has 0 saturated heterocycles. The molecule has 4 rings (SSSR count). The SMILES string of the molecule is Cc1cnc2c(C(=O)N(C)CCn3ccc4ccccc43)cnn2c1. The molecular weight excluding hydrogens is 314 g/mol. The topological polar surface area (TPSA) is 55.4 Å². The van der Waals surface area contributed by atoms with Gasteiger partial charge in [-0.25, -0.2) is 9.50 Å². The standard InChI is InChI=1S/C19H19N5O/c1-14-11-20-18-16(12-21-24(18)13-14)19(25)22(2)9-10-23-8-7-15-5-3-4-6-17(15)23/h3-8,11-13H,9-10H2,1-2H3. The normalized spacial score (nSPS) is 11.3. The highest BCUT2D eigenvalue weighted by atomic mass is 16.2. The third-order valence-electron chi connectivity index (χ3n) is 4.42. The smallest absolute Gasteiger partial charge is 0.259 e. The minimum absolute atomic E-state index is 0.0668. The van der Waals surface area contributed by atoms with Gasteiger partial charge < -0.3 is 9.47 Å². The van der Waals surface area contributed by atoms with Crippen molar-refractivity contribution >= 4 is 22.5 Å². The van der Waals surface area contributed by atoms with E-state index in [4.69, 9.17) is 0 Å². The van der Waals surface area contributed by atoms with Gasteiger partial charge in [-0.2, -0.15) is 5.10 Å². The van der Waals surface area contributed by atoms with Crippen molar-refractivity contribution in [1.29, 1.82) is 0 Å². The molecule has 0 saturated carbocycles. The zero-order valence-electron chi connectivity index (χ0n) is 14.3. The fourth-order valence-corrected chi connectivity index (χ4v) is 3.02. The molecule has 0 radical (unpaired) electrons. The number of hydrogen-bond donors (Lipinski definition) is 0. The Balaban J connectivity index is 1.52. The summed E-state index contributed by atoms with van der Waals surface area (Å²) >= 11 is 0. The molecule has 0 unspecified atom stereocenters. The minimum atomic E-state index is -0.0668. The predicted molar refractivity (Wildman–Crippen MR) is 96.6 cm³/mol. The van der Waals surface area contributed by atoms with Crippen molar-refractivity contribution < 1.29 is 4.79 Å². The van der Waals surface area contributed by atoms with Crippen LogP contribution < -0.4 is 0 Å². The van der Waals surface area contributed by atoms with E-state index in [1.807, 2.05) is 32.3 Å². The van der Waals surface area contributed by atoms with Crippen molar-refractivity contribution in [1.82, 2.24) is 24.1 Å². The lowest BCUT2D eigenvalue weighted by atomic mass is 10.2. The van der Waals surface area contributed by atoms with Crippen molar-refractivity contribution in [2.75, 3.05) is 13.6 Å². The Labute approximate surface area is 145 Å². The summed E-state index contributed by atoms with van der Waals surface area (Å²) in [5, 5.41) is 5.44. The molecule has 0 aliphatic heterocycles. The van der Waals surface area contributed by atoms with Gasteiger partial charge in [0, 0.05) is 44.2 Å². The number of carbonyl (C=O) groups is 1. The molecule has 0 aliphatic rings. The number of aryl methyl sites for hydroxylation is 1. The van der Waals surface area contributed by atoms with Crippen molar-refractivity contribution in [2.45, 2.75) is 13.5 Å². The molecule has 25 heavy (non-hydrogen) atoms. The van der Waals surface area contributed by atoms with Crippen LogP contribution in [0, 0.1) is 6.92 Å². The molecule has 0 atom stereocenters. The van der Waals surface area contributed by atoms with E-state index in [2.05, 4.69) is 39.0 Å². The quantitative estimate of drug-likeness (QED) is 0.577. The summed E-state index contributed by atoms with van der Waals surface area (Å²) in [6, 6.07) is 10.3. The van der Waals surface area contributed by atoms with Gasteiger partial charge in [0.25, 0.3) is 5.91 Å². The van der Waals surface area contributed by atoms with Crippen molar-refractivity contribution in [3.8, 4) is 0 Å². The second-order valence-electron chi connectivity index (χ2n) is 6.25. The molecular formula is C19H19N5O. The average molecular weight is 333 g/mol. The lowest BCUT2D eigenvalue weighted by Gasteiger charge is -2.17. The van der Waals surface area contributed by atoms with Crippen LogP contribution in [0.5, 0.6) is 0 Å². The first-order valence-electron chi connectivity index (χ1n) is 8.23. The van der Waals surface area contributed by atoms with Gasteiger partial charge in [-0.3, -0.25) is 4.79 Å². The van der Waals surface area contributed by atoms with Gasteiger partial charge in [-0.1, -0.05) is 18.2 Å². The van der Waals surface area contributed by atoms with Gasteiger partial charge in [-0.15, -0.1) is 0 Å². The molecule has 6 heteroatoms. The highest BCUT2D eigenvalue weighted by Crippen LogP contribution is 2.15. The van der Waals surface area contributed by atoms with Crippen LogP contribution in [0.2, 0.25) is 0 Å². The van der Waals surface area contributed by atoms with Gasteiger partial charge in [0.15, 0.2) is 5.65 Å². The molecule has 0 fully saturated rings. The van der Waals surface area contributed by atoms with E-state index >= 15 is 0 Å². The fourth-order valence-electron chi connectivity index (χ4n) is 3.02. The lowest BCUT2D eigenvalue weighted by molar-refractivity contribution is 0.0792. The number of para-hydroxylation sites is 1. The van der Waals surface area contributed by atoms with Crippen molar-refractivity contribution in [2.24, 2.45) is 0 Å². The van der Waals surface area contributed by atoms with Gasteiger partial charge >= 0.3 is 0 Å². The maximum Gasteiger partial charge on any atom is 0.259 e. The maximum absolute atomic E-state index is 12.8. The Bertz CT molecular complexity index is 1060. The summed E-state index contributed by atoms with van der Waals surface area (Å²) < 4.78 is 3.81. The van der Waals surface area contributed by atoms with Crippen LogP contribution in [-0.2, 0) is 6.54 Å². The lowest BCUT2D eigenvalue weighted by Crippen LogP contribution is -2.30. The van der Waals surface area contributed by atoms with Crippen LogP contribution >= 0.6 is 0 Å². The Kier molecular flexibility index (Phi) is 3.72. The van der Waals surface area contributed by atoms with E-state index in [0.29, 0.717) is 17.8 Å². The van der Waals surface area contributed by atoms with E-state index in [-0.39, 0.29) is 5.91 Å². The fraction of sp³-hybridized carbons (Fsp3) is 0.211. The Morgan fingerprint density at radius 1 is 1.20 bits per heavy atom. The molecule has 1 aromatic carbocycles. The van der Waals surface area contributed by atoms with E-state index in [0.717, 1.165) is 12.1 Å². The van der Waals surface area contributed by atoms with Crippen molar-refractivity contribution in [3.63, 3.8) is 0 Å². The second kappa shape index (κ2) is 6.05. The highest BCUT2D eigenvalue weighted by molar-refractivity contribution is 5.99. The molecule has 3 aromatic heterocycles. The Morgan fingerprint density at radius 2 is 2.04 bits per heavy atom. The van der Waals surface area contributed by atoms with Crippen molar-refractivity contribution in [3.05, 3.63) is 66.2 Å². The van der Waals surface area contributed by atoms with E-state index < -0.39 is 0 Å². The van der Waals surface area contributed by atoms with E-state index in [1.54, 1.807) is 21.8 Å². The number of likely N-dealkylation sites (N-methyl/N-ethyl adjacent to an activating group) is 1. The van der Waals surface area contributed by atoms with Gasteiger partial charge in [-0.05, 0) is 30.0 Å². The van der Waals surface area contributed by atoms with Crippen LogP contribution in [0.3, 0.4) is 0 Å². The summed E-state index contributed by atoms with van der Waals surface area (Å²) in [5.41, 5.74) is 3.30. The number of aromatic nitrogens is 4. The Hall–Kier alpha value is -3.15. The monoisotopic (exact) mass is 333 g/mol. The summed E-state index contributed by atoms with van der Waals surface area (Å²) in [4.78, 5) is 18.8. The molecule has 0 bridgehead atoms. The molecule has 0 N–H and O–H groups in total. The maximum atomic E-state index is 12.8. The predicted octanol–water partition coefficient (Wildman–Crippen LogP) is 2.76. The zero-order valence-corrected chi connectivity index (χ0v) is 14.3. The highest BCUT2D eigenvalue weighted by Gasteiger charge is 2.18. The summed E-state index contributed by atoms with van der Waals surface area (Å²) in [7, 11) is 1.81. The number of rotatable bonds is 4. The summed E-state index contributed by atoms with van der Waals surface area (Å²) in [6.45, 7) is 3.30. The average Bonchev–Trinajstić information content (AvgIpc) is 3.22. The van der Waals surface area contributed by atoms with Crippen LogP contribution in [0.4, 0.5) is 0 Å². The molecule has 0 spiro atoms. The Morgan fingerprint density at radius 3 is 2.92 bits per heavy atom. The number of fused-ring (bicyclic) bond motifs is 2.